The van der Waals surface area contributed by atoms with Gasteiger partial charge in [-0.15, -0.1) is 11.3 Å². The van der Waals surface area contributed by atoms with Crippen LogP contribution in [0.5, 0.6) is 0 Å². The lowest BCUT2D eigenvalue weighted by Gasteiger charge is -2.11. The molecule has 2 rings (SSSR count). The van der Waals surface area contributed by atoms with E-state index in [1.165, 1.54) is 0 Å². The molecule has 0 atom stereocenters. The normalized spacial score (nSPS) is 16.8. The Balaban J connectivity index is 2.05. The van der Waals surface area contributed by atoms with E-state index in [-0.39, 0.29) is 11.7 Å². The lowest BCUT2D eigenvalue weighted by Crippen LogP contribution is -2.26. The number of amides is 1. The van der Waals surface area contributed by atoms with E-state index in [1.807, 2.05) is 6.92 Å². The highest BCUT2D eigenvalue weighted by molar-refractivity contribution is 7.11. The molecule has 1 aliphatic heterocycles. The SMILES string of the molecule is Cc1cnc(CN2CCC(=O)C2=O)s1. The molecular formula is C9H10N2O2S. The summed E-state index contributed by atoms with van der Waals surface area (Å²) in [5.74, 6) is -0.642. The number of carbonyl (C=O) groups is 2. The molecule has 0 bridgehead atoms. The third kappa shape index (κ3) is 1.68. The molecule has 1 aromatic rings. The van der Waals surface area contributed by atoms with Crippen LogP contribution in [0.4, 0.5) is 0 Å². The monoisotopic (exact) mass is 210 g/mol. The van der Waals surface area contributed by atoms with Crippen LogP contribution in [0.2, 0.25) is 0 Å². The Bertz CT molecular complexity index is 386. The number of hydrogen-bond donors (Lipinski definition) is 0. The molecule has 0 N–H and O–H groups in total. The van der Waals surface area contributed by atoms with Gasteiger partial charge in [-0.1, -0.05) is 0 Å². The summed E-state index contributed by atoms with van der Waals surface area (Å²) in [6, 6.07) is 0. The van der Waals surface area contributed by atoms with Crippen molar-refractivity contribution in [3.8, 4) is 0 Å². The van der Waals surface area contributed by atoms with Crippen molar-refractivity contribution < 1.29 is 9.59 Å². The van der Waals surface area contributed by atoms with E-state index >= 15 is 0 Å². The molecule has 1 amide bonds. The van der Waals surface area contributed by atoms with Crippen molar-refractivity contribution in [2.45, 2.75) is 19.9 Å². The summed E-state index contributed by atoms with van der Waals surface area (Å²) in [4.78, 5) is 29.1. The van der Waals surface area contributed by atoms with E-state index in [4.69, 9.17) is 0 Å². The molecule has 1 fully saturated rings. The highest BCUT2D eigenvalue weighted by Crippen LogP contribution is 2.16. The molecule has 1 aliphatic rings. The summed E-state index contributed by atoms with van der Waals surface area (Å²) in [7, 11) is 0. The predicted octanol–water partition coefficient (Wildman–Crippen LogP) is 0.753. The van der Waals surface area contributed by atoms with Crippen LogP contribution >= 0.6 is 11.3 Å². The van der Waals surface area contributed by atoms with E-state index in [9.17, 15) is 9.59 Å². The molecule has 0 unspecified atom stereocenters. The second kappa shape index (κ2) is 3.49. The second-order valence-corrected chi connectivity index (χ2v) is 4.58. The first-order valence-electron chi connectivity index (χ1n) is 4.40. The summed E-state index contributed by atoms with van der Waals surface area (Å²) >= 11 is 1.56. The lowest BCUT2D eigenvalue weighted by molar-refractivity contribution is -0.140. The van der Waals surface area contributed by atoms with Gasteiger partial charge < -0.3 is 4.90 Å². The summed E-state index contributed by atoms with van der Waals surface area (Å²) < 4.78 is 0. The largest absolute Gasteiger partial charge is 0.329 e. The number of hydrogen-bond acceptors (Lipinski definition) is 4. The number of Topliss-reactive ketones (excluding diaryl/α,β-unsaturated/α-hetero) is 1. The number of aromatic nitrogens is 1. The molecular weight excluding hydrogens is 200 g/mol. The van der Waals surface area contributed by atoms with Crippen molar-refractivity contribution in [1.29, 1.82) is 0 Å². The van der Waals surface area contributed by atoms with Crippen LogP contribution in [0.3, 0.4) is 0 Å². The van der Waals surface area contributed by atoms with Gasteiger partial charge >= 0.3 is 0 Å². The maximum Gasteiger partial charge on any atom is 0.290 e. The first-order chi connectivity index (χ1) is 6.66. The van der Waals surface area contributed by atoms with Crippen LogP contribution in [0.1, 0.15) is 16.3 Å². The van der Waals surface area contributed by atoms with Crippen LogP contribution in [0.25, 0.3) is 0 Å². The fourth-order valence-electron chi connectivity index (χ4n) is 1.41. The van der Waals surface area contributed by atoms with E-state index in [0.717, 1.165) is 9.88 Å². The van der Waals surface area contributed by atoms with Gasteiger partial charge in [0.1, 0.15) is 5.01 Å². The number of ketones is 1. The fourth-order valence-corrected chi connectivity index (χ4v) is 2.21. The Morgan fingerprint density at radius 3 is 2.86 bits per heavy atom. The summed E-state index contributed by atoms with van der Waals surface area (Å²) in [5.41, 5.74) is 0. The minimum Gasteiger partial charge on any atom is -0.329 e. The Morgan fingerprint density at radius 2 is 2.36 bits per heavy atom. The number of aryl methyl sites for hydroxylation is 1. The highest BCUT2D eigenvalue weighted by Gasteiger charge is 2.29. The van der Waals surface area contributed by atoms with Gasteiger partial charge in [0.15, 0.2) is 0 Å². The average Bonchev–Trinajstić information content (AvgIpc) is 2.67. The third-order valence-corrected chi connectivity index (χ3v) is 3.03. The van der Waals surface area contributed by atoms with Gasteiger partial charge in [-0.3, -0.25) is 9.59 Å². The number of nitrogens with zero attached hydrogens (tertiary/aromatic N) is 2. The van der Waals surface area contributed by atoms with Crippen molar-refractivity contribution in [3.05, 3.63) is 16.1 Å². The summed E-state index contributed by atoms with van der Waals surface area (Å²) in [5, 5.41) is 0.894. The van der Waals surface area contributed by atoms with Crippen molar-refractivity contribution in [2.24, 2.45) is 0 Å². The second-order valence-electron chi connectivity index (χ2n) is 3.26. The molecule has 0 aromatic carbocycles. The molecule has 4 nitrogen and oxygen atoms in total. The Kier molecular flexibility index (Phi) is 2.33. The van der Waals surface area contributed by atoms with Gasteiger partial charge in [0.2, 0.25) is 5.78 Å². The van der Waals surface area contributed by atoms with E-state index in [1.54, 1.807) is 22.4 Å². The van der Waals surface area contributed by atoms with Gasteiger partial charge in [-0.05, 0) is 6.92 Å². The maximum atomic E-state index is 11.3. The van der Waals surface area contributed by atoms with E-state index in [2.05, 4.69) is 4.98 Å². The standard InChI is InChI=1S/C9H10N2O2S/c1-6-4-10-8(14-6)5-11-3-2-7(12)9(11)13/h4H,2-3,5H2,1H3. The smallest absolute Gasteiger partial charge is 0.290 e. The average molecular weight is 210 g/mol. The first-order valence-corrected chi connectivity index (χ1v) is 5.22. The molecule has 74 valence electrons. The molecule has 1 aromatic heterocycles. The molecule has 14 heavy (non-hydrogen) atoms. The van der Waals surface area contributed by atoms with Crippen LogP contribution in [-0.4, -0.2) is 28.1 Å². The van der Waals surface area contributed by atoms with Crippen LogP contribution < -0.4 is 0 Å². The lowest BCUT2D eigenvalue weighted by atomic mass is 10.3. The van der Waals surface area contributed by atoms with Gasteiger partial charge in [-0.25, -0.2) is 4.98 Å². The zero-order valence-electron chi connectivity index (χ0n) is 7.82. The maximum absolute atomic E-state index is 11.3. The van der Waals surface area contributed by atoms with Gasteiger partial charge in [0.25, 0.3) is 5.91 Å². The minimum absolute atomic E-state index is 0.279. The third-order valence-electron chi connectivity index (χ3n) is 2.13. The molecule has 0 radical (unpaired) electrons. The number of carbonyl (C=O) groups excluding carboxylic acids is 2. The van der Waals surface area contributed by atoms with Crippen molar-refractivity contribution >= 4 is 23.0 Å². The summed E-state index contributed by atoms with van der Waals surface area (Å²) in [6.45, 7) is 2.98. The Labute approximate surface area is 85.6 Å². The topological polar surface area (TPSA) is 50.3 Å². The zero-order valence-corrected chi connectivity index (χ0v) is 8.63. The van der Waals surface area contributed by atoms with E-state index < -0.39 is 0 Å². The van der Waals surface area contributed by atoms with Gasteiger partial charge in [-0.2, -0.15) is 0 Å². The summed E-state index contributed by atoms with van der Waals surface area (Å²) in [6.07, 6.45) is 2.13. The molecule has 2 heterocycles. The number of likely N-dealkylation sites (tertiary alicyclic amines) is 1. The first kappa shape index (κ1) is 9.33. The van der Waals surface area contributed by atoms with Gasteiger partial charge in [0.05, 0.1) is 6.54 Å². The van der Waals surface area contributed by atoms with Crippen LogP contribution in [-0.2, 0) is 16.1 Å². The molecule has 0 aliphatic carbocycles. The van der Waals surface area contributed by atoms with Gasteiger partial charge in [0, 0.05) is 24.0 Å². The quantitative estimate of drug-likeness (QED) is 0.677. The number of thiazole rings is 1. The Hall–Kier alpha value is -1.23. The Morgan fingerprint density at radius 1 is 1.57 bits per heavy atom. The minimum atomic E-state index is -0.363. The number of rotatable bonds is 2. The van der Waals surface area contributed by atoms with Crippen molar-refractivity contribution in [3.63, 3.8) is 0 Å². The molecule has 0 saturated carbocycles. The molecule has 5 heteroatoms. The van der Waals surface area contributed by atoms with Crippen LogP contribution in [0.15, 0.2) is 6.20 Å². The predicted molar refractivity (Wildman–Crippen MR) is 51.9 cm³/mol. The zero-order chi connectivity index (χ0) is 10.1. The molecule has 0 spiro atoms. The molecule has 1 saturated heterocycles. The fraction of sp³-hybridized carbons (Fsp3) is 0.444. The van der Waals surface area contributed by atoms with Crippen molar-refractivity contribution in [2.75, 3.05) is 6.54 Å². The highest BCUT2D eigenvalue weighted by atomic mass is 32.1. The van der Waals surface area contributed by atoms with E-state index in [0.29, 0.717) is 19.5 Å². The van der Waals surface area contributed by atoms with Crippen LogP contribution in [0, 0.1) is 6.92 Å². The van der Waals surface area contributed by atoms with Crippen molar-refractivity contribution in [1.82, 2.24) is 9.88 Å².